The maximum atomic E-state index is 5.65. The molecule has 3 rings (SSSR count). The number of ether oxygens (including phenoxy) is 2. The molecule has 2 aliphatic heterocycles. The van der Waals surface area contributed by atoms with Crippen molar-refractivity contribution in [1.82, 2.24) is 10.2 Å². The number of hydrogen-bond acceptors (Lipinski definition) is 4. The highest BCUT2D eigenvalue weighted by Gasteiger charge is 2.20. The van der Waals surface area contributed by atoms with Crippen molar-refractivity contribution < 1.29 is 9.47 Å². The molecule has 1 aromatic carbocycles. The quantitative estimate of drug-likeness (QED) is 0.906. The van der Waals surface area contributed by atoms with E-state index in [1.807, 2.05) is 6.07 Å². The molecule has 4 nitrogen and oxygen atoms in total. The topological polar surface area (TPSA) is 33.7 Å². The number of nitrogens with one attached hydrogen (secondary N) is 1. The minimum absolute atomic E-state index is 0. The Morgan fingerprint density at radius 3 is 2.40 bits per heavy atom. The molecule has 0 unspecified atom stereocenters. The first kappa shape index (κ1) is 17.4. The molecule has 0 bridgehead atoms. The lowest BCUT2D eigenvalue weighted by Crippen LogP contribution is -2.44. The summed E-state index contributed by atoms with van der Waals surface area (Å²) in [5, 5.41) is 3.38. The molecule has 1 aromatic rings. The van der Waals surface area contributed by atoms with Crippen molar-refractivity contribution in [3.05, 3.63) is 23.8 Å². The van der Waals surface area contributed by atoms with E-state index >= 15 is 0 Å². The summed E-state index contributed by atoms with van der Waals surface area (Å²) in [5.74, 6) is 1.76. The largest absolute Gasteiger partial charge is 0.486 e. The normalized spacial score (nSPS) is 19.4. The summed E-state index contributed by atoms with van der Waals surface area (Å²) in [6.45, 7) is 7.93. The lowest BCUT2D eigenvalue weighted by atomic mass is 10.1. The van der Waals surface area contributed by atoms with Crippen molar-refractivity contribution in [2.24, 2.45) is 0 Å². The zero-order chi connectivity index (χ0) is 12.4. The van der Waals surface area contributed by atoms with E-state index in [4.69, 9.17) is 9.47 Å². The second-order valence-corrected chi connectivity index (χ2v) is 4.87. The Hall–Kier alpha value is -0.680. The highest BCUT2D eigenvalue weighted by atomic mass is 35.5. The molecule has 0 radical (unpaired) electrons. The van der Waals surface area contributed by atoms with Crippen LogP contribution in [0, 0.1) is 0 Å². The van der Waals surface area contributed by atoms with Crippen LogP contribution in [0.4, 0.5) is 0 Å². The molecular formula is C14H22Cl2N2O2. The smallest absolute Gasteiger partial charge is 0.161 e. The van der Waals surface area contributed by atoms with Crippen LogP contribution in [0.1, 0.15) is 18.5 Å². The standard InChI is InChI=1S/C14H20N2O2.2ClH/c1-11(16-6-4-15-5-7-16)12-2-3-13-14(10-12)18-9-8-17-13;;/h2-3,10-11,15H,4-9H2,1H3;2*1H/t11-;;/m0../s1. The minimum Gasteiger partial charge on any atom is -0.486 e. The van der Waals surface area contributed by atoms with Gasteiger partial charge in [-0.3, -0.25) is 4.90 Å². The highest BCUT2D eigenvalue weighted by Crippen LogP contribution is 2.33. The summed E-state index contributed by atoms with van der Waals surface area (Å²) in [5.41, 5.74) is 1.31. The van der Waals surface area contributed by atoms with Crippen molar-refractivity contribution in [2.45, 2.75) is 13.0 Å². The Morgan fingerprint density at radius 1 is 1.05 bits per heavy atom. The van der Waals surface area contributed by atoms with E-state index in [2.05, 4.69) is 29.3 Å². The van der Waals surface area contributed by atoms with Crippen LogP contribution in [0.5, 0.6) is 11.5 Å². The van der Waals surface area contributed by atoms with E-state index in [0.29, 0.717) is 19.3 Å². The van der Waals surface area contributed by atoms with Gasteiger partial charge in [-0.05, 0) is 24.6 Å². The molecule has 0 amide bonds. The third-order valence-corrected chi connectivity index (χ3v) is 3.75. The molecule has 2 heterocycles. The molecule has 1 atom stereocenters. The van der Waals surface area contributed by atoms with Gasteiger partial charge in [0.2, 0.25) is 0 Å². The molecular weight excluding hydrogens is 299 g/mol. The summed E-state index contributed by atoms with van der Waals surface area (Å²) in [4.78, 5) is 2.50. The van der Waals surface area contributed by atoms with E-state index in [1.54, 1.807) is 0 Å². The van der Waals surface area contributed by atoms with Gasteiger partial charge in [-0.1, -0.05) is 6.07 Å². The maximum absolute atomic E-state index is 5.65. The first-order valence-electron chi connectivity index (χ1n) is 6.69. The van der Waals surface area contributed by atoms with Gasteiger partial charge in [0.25, 0.3) is 0 Å². The number of nitrogens with zero attached hydrogens (tertiary/aromatic N) is 1. The maximum Gasteiger partial charge on any atom is 0.161 e. The minimum atomic E-state index is 0. The second-order valence-electron chi connectivity index (χ2n) is 4.87. The van der Waals surface area contributed by atoms with Gasteiger partial charge < -0.3 is 14.8 Å². The van der Waals surface area contributed by atoms with Gasteiger partial charge in [-0.15, -0.1) is 24.8 Å². The zero-order valence-corrected chi connectivity index (χ0v) is 13.3. The predicted octanol–water partition coefficient (Wildman–Crippen LogP) is 2.27. The molecule has 0 spiro atoms. The second kappa shape index (κ2) is 7.93. The van der Waals surface area contributed by atoms with Gasteiger partial charge in [0.05, 0.1) is 0 Å². The third kappa shape index (κ3) is 3.70. The number of rotatable bonds is 2. The summed E-state index contributed by atoms with van der Waals surface area (Å²) in [7, 11) is 0. The number of fused-ring (bicyclic) bond motifs is 1. The molecule has 0 aliphatic carbocycles. The van der Waals surface area contributed by atoms with Gasteiger partial charge in [-0.2, -0.15) is 0 Å². The molecule has 1 fully saturated rings. The number of hydrogen-bond donors (Lipinski definition) is 1. The Balaban J connectivity index is 0.000001000. The third-order valence-electron chi connectivity index (χ3n) is 3.75. The van der Waals surface area contributed by atoms with E-state index in [1.165, 1.54) is 5.56 Å². The van der Waals surface area contributed by atoms with Crippen LogP contribution >= 0.6 is 24.8 Å². The van der Waals surface area contributed by atoms with E-state index < -0.39 is 0 Å². The molecule has 6 heteroatoms. The van der Waals surface area contributed by atoms with Crippen LogP contribution in [0.25, 0.3) is 0 Å². The van der Waals surface area contributed by atoms with Gasteiger partial charge in [-0.25, -0.2) is 0 Å². The van der Waals surface area contributed by atoms with Crippen molar-refractivity contribution in [3.63, 3.8) is 0 Å². The van der Waals surface area contributed by atoms with Crippen LogP contribution in [0.15, 0.2) is 18.2 Å². The molecule has 114 valence electrons. The summed E-state index contributed by atoms with van der Waals surface area (Å²) in [6.07, 6.45) is 0. The molecule has 1 N–H and O–H groups in total. The SMILES string of the molecule is C[C@@H](c1ccc2c(c1)OCCO2)N1CCNCC1.Cl.Cl. The van der Waals surface area contributed by atoms with Crippen LogP contribution < -0.4 is 14.8 Å². The van der Waals surface area contributed by atoms with Crippen molar-refractivity contribution in [2.75, 3.05) is 39.4 Å². The molecule has 1 saturated heterocycles. The summed E-state index contributed by atoms with van der Waals surface area (Å²) >= 11 is 0. The Bertz CT molecular complexity index is 426. The number of halogens is 2. The number of benzene rings is 1. The van der Waals surface area contributed by atoms with Crippen LogP contribution in [-0.2, 0) is 0 Å². The Labute approximate surface area is 132 Å². The average Bonchev–Trinajstić information content (AvgIpc) is 2.47. The van der Waals surface area contributed by atoms with Gasteiger partial charge in [0.1, 0.15) is 13.2 Å². The van der Waals surface area contributed by atoms with Crippen LogP contribution in [0.3, 0.4) is 0 Å². The molecule has 0 saturated carbocycles. The Kier molecular flexibility index (Phi) is 6.89. The van der Waals surface area contributed by atoms with Crippen LogP contribution in [-0.4, -0.2) is 44.3 Å². The summed E-state index contributed by atoms with van der Waals surface area (Å²) in [6, 6.07) is 6.74. The van der Waals surface area contributed by atoms with Gasteiger partial charge in [0, 0.05) is 32.2 Å². The molecule has 0 aromatic heterocycles. The van der Waals surface area contributed by atoms with Crippen LogP contribution in [0.2, 0.25) is 0 Å². The van der Waals surface area contributed by atoms with Gasteiger partial charge >= 0.3 is 0 Å². The van der Waals surface area contributed by atoms with Gasteiger partial charge in [0.15, 0.2) is 11.5 Å². The van der Waals surface area contributed by atoms with Crippen molar-refractivity contribution >= 4 is 24.8 Å². The lowest BCUT2D eigenvalue weighted by Gasteiger charge is -2.33. The first-order valence-corrected chi connectivity index (χ1v) is 6.69. The summed E-state index contributed by atoms with van der Waals surface area (Å²) < 4.78 is 11.2. The Morgan fingerprint density at radius 2 is 1.70 bits per heavy atom. The van der Waals surface area contributed by atoms with E-state index in [9.17, 15) is 0 Å². The monoisotopic (exact) mass is 320 g/mol. The van der Waals surface area contributed by atoms with Crippen molar-refractivity contribution in [1.29, 1.82) is 0 Å². The first-order chi connectivity index (χ1) is 8.84. The average molecular weight is 321 g/mol. The highest BCUT2D eigenvalue weighted by molar-refractivity contribution is 5.85. The van der Waals surface area contributed by atoms with E-state index in [-0.39, 0.29) is 24.8 Å². The molecule has 2 aliphatic rings. The lowest BCUT2D eigenvalue weighted by molar-refractivity contribution is 0.168. The van der Waals surface area contributed by atoms with Crippen molar-refractivity contribution in [3.8, 4) is 11.5 Å². The number of piperazine rings is 1. The fourth-order valence-electron chi connectivity index (χ4n) is 2.60. The molecule has 20 heavy (non-hydrogen) atoms. The zero-order valence-electron chi connectivity index (χ0n) is 11.6. The fraction of sp³-hybridized carbons (Fsp3) is 0.571. The predicted molar refractivity (Wildman–Crippen MR) is 84.8 cm³/mol. The fourth-order valence-corrected chi connectivity index (χ4v) is 2.60. The van der Waals surface area contributed by atoms with E-state index in [0.717, 1.165) is 37.7 Å².